The zero-order chi connectivity index (χ0) is 20.6. The summed E-state index contributed by atoms with van der Waals surface area (Å²) in [6, 6.07) is 19.5. The van der Waals surface area contributed by atoms with Crippen LogP contribution in [0.3, 0.4) is 0 Å². The molecule has 0 unspecified atom stereocenters. The van der Waals surface area contributed by atoms with Crippen LogP contribution in [0.15, 0.2) is 73.1 Å². The second kappa shape index (κ2) is 10.3. The summed E-state index contributed by atoms with van der Waals surface area (Å²) < 4.78 is 0. The van der Waals surface area contributed by atoms with Crippen LogP contribution in [-0.2, 0) is 9.59 Å². The number of hydrogen-bond donors (Lipinski definition) is 2. The minimum Gasteiger partial charge on any atom is -0.325 e. The first-order valence-corrected chi connectivity index (χ1v) is 11.2. The third-order valence-corrected chi connectivity index (χ3v) is 5.33. The highest BCUT2D eigenvalue weighted by Crippen LogP contribution is 2.32. The van der Waals surface area contributed by atoms with Crippen LogP contribution < -0.4 is 10.6 Å². The van der Waals surface area contributed by atoms with E-state index in [1.54, 1.807) is 6.20 Å². The highest BCUT2D eigenvalue weighted by Gasteiger charge is 2.17. The zero-order valence-corrected chi connectivity index (χ0v) is 18.6. The Morgan fingerprint density at radius 1 is 0.759 bits per heavy atom. The maximum Gasteiger partial charge on any atom is 0.235 e. The molecule has 3 rings (SSSR count). The summed E-state index contributed by atoms with van der Waals surface area (Å²) in [5.74, 6) is -0.212. The number of rotatable bonds is 7. The van der Waals surface area contributed by atoms with Crippen molar-refractivity contribution < 1.29 is 9.59 Å². The normalized spacial score (nSPS) is 10.6. The van der Waals surface area contributed by atoms with E-state index < -0.39 is 0 Å². The van der Waals surface area contributed by atoms with E-state index in [0.717, 1.165) is 28.1 Å². The van der Waals surface area contributed by atoms with Gasteiger partial charge in [0.05, 0.1) is 10.7 Å². The predicted octanol–water partition coefficient (Wildman–Crippen LogP) is 4.93. The van der Waals surface area contributed by atoms with E-state index >= 15 is 0 Å². The molecule has 0 spiro atoms. The smallest absolute Gasteiger partial charge is 0.235 e. The highest BCUT2D eigenvalue weighted by atomic mass is 79.9. The Hall–Kier alpha value is -2.51. The van der Waals surface area contributed by atoms with Gasteiger partial charge in [0.1, 0.15) is 0 Å². The minimum absolute atomic E-state index is 0.0226. The molecule has 1 heterocycles. The molecule has 2 aromatic carbocycles. The molecular formula is C22H19Br2N3O2. The van der Waals surface area contributed by atoms with Gasteiger partial charge in [-0.1, -0.05) is 62.2 Å². The van der Waals surface area contributed by atoms with Crippen LogP contribution in [0, 0.1) is 0 Å². The van der Waals surface area contributed by atoms with Gasteiger partial charge >= 0.3 is 0 Å². The molecule has 2 N–H and O–H groups in total. The molecule has 7 heteroatoms. The maximum absolute atomic E-state index is 11.6. The molecule has 3 aromatic rings. The van der Waals surface area contributed by atoms with Crippen molar-refractivity contribution in [2.24, 2.45) is 0 Å². The summed E-state index contributed by atoms with van der Waals surface area (Å²) in [5.41, 5.74) is 4.70. The average Bonchev–Trinajstić information content (AvgIpc) is 2.77. The number of hydrogen-bond acceptors (Lipinski definition) is 3. The van der Waals surface area contributed by atoms with Crippen LogP contribution in [0.25, 0.3) is 0 Å². The van der Waals surface area contributed by atoms with Crippen LogP contribution in [-0.4, -0.2) is 27.5 Å². The largest absolute Gasteiger partial charge is 0.325 e. The lowest BCUT2D eigenvalue weighted by Gasteiger charge is -2.19. The number of alkyl halides is 2. The molecule has 0 aliphatic rings. The lowest BCUT2D eigenvalue weighted by molar-refractivity contribution is -0.114. The number of carbonyl (C=O) groups is 2. The molecule has 2 amide bonds. The Morgan fingerprint density at radius 2 is 1.24 bits per heavy atom. The SMILES string of the molecule is O=C(CBr)Nc1ccc(C(c2ccc(NC(=O)CBr)cc2)c2cccnc2)cc1. The van der Waals surface area contributed by atoms with Gasteiger partial charge in [-0.15, -0.1) is 0 Å². The van der Waals surface area contributed by atoms with Gasteiger partial charge in [-0.05, 0) is 47.0 Å². The maximum atomic E-state index is 11.6. The Balaban J connectivity index is 1.92. The Morgan fingerprint density at radius 3 is 1.62 bits per heavy atom. The van der Waals surface area contributed by atoms with Gasteiger partial charge in [0.25, 0.3) is 0 Å². The Labute approximate surface area is 186 Å². The predicted molar refractivity (Wildman–Crippen MR) is 123 cm³/mol. The molecule has 148 valence electrons. The number of halogens is 2. The Bertz CT molecular complexity index is 900. The Kier molecular flexibility index (Phi) is 7.55. The van der Waals surface area contributed by atoms with Crippen molar-refractivity contribution in [3.63, 3.8) is 0 Å². The number of pyridine rings is 1. The number of carbonyl (C=O) groups excluding carboxylic acids is 2. The van der Waals surface area contributed by atoms with Crippen LogP contribution in [0.4, 0.5) is 11.4 Å². The van der Waals surface area contributed by atoms with Gasteiger partial charge < -0.3 is 10.6 Å². The summed E-state index contributed by atoms with van der Waals surface area (Å²) in [4.78, 5) is 27.4. The number of aromatic nitrogens is 1. The molecule has 0 fully saturated rings. The topological polar surface area (TPSA) is 71.1 Å². The lowest BCUT2D eigenvalue weighted by Crippen LogP contribution is -2.13. The first-order valence-electron chi connectivity index (χ1n) is 8.92. The lowest BCUT2D eigenvalue weighted by atomic mass is 9.86. The van der Waals surface area contributed by atoms with Gasteiger partial charge in [-0.25, -0.2) is 0 Å². The molecule has 0 bridgehead atoms. The number of amides is 2. The third-order valence-electron chi connectivity index (χ3n) is 4.32. The van der Waals surface area contributed by atoms with E-state index in [1.165, 1.54) is 0 Å². The van der Waals surface area contributed by atoms with E-state index in [-0.39, 0.29) is 28.4 Å². The summed E-state index contributed by atoms with van der Waals surface area (Å²) >= 11 is 6.30. The van der Waals surface area contributed by atoms with Gasteiger partial charge in [0.2, 0.25) is 11.8 Å². The van der Waals surface area contributed by atoms with Gasteiger partial charge in [0, 0.05) is 29.7 Å². The fourth-order valence-corrected chi connectivity index (χ4v) is 3.31. The summed E-state index contributed by atoms with van der Waals surface area (Å²) in [6.45, 7) is 0. The number of nitrogens with zero attached hydrogens (tertiary/aromatic N) is 1. The second-order valence-electron chi connectivity index (χ2n) is 6.33. The quantitative estimate of drug-likeness (QED) is 0.437. The fourth-order valence-electron chi connectivity index (χ4n) is 3.03. The first-order chi connectivity index (χ1) is 14.1. The van der Waals surface area contributed by atoms with Crippen LogP contribution in [0.1, 0.15) is 22.6 Å². The van der Waals surface area contributed by atoms with Crippen molar-refractivity contribution in [3.8, 4) is 0 Å². The highest BCUT2D eigenvalue weighted by molar-refractivity contribution is 9.09. The van der Waals surface area contributed by atoms with Crippen molar-refractivity contribution in [2.45, 2.75) is 5.92 Å². The monoisotopic (exact) mass is 515 g/mol. The molecule has 29 heavy (non-hydrogen) atoms. The van der Waals surface area contributed by atoms with Crippen molar-refractivity contribution in [1.29, 1.82) is 0 Å². The second-order valence-corrected chi connectivity index (χ2v) is 7.45. The van der Waals surface area contributed by atoms with E-state index in [4.69, 9.17) is 0 Å². The average molecular weight is 517 g/mol. The third kappa shape index (κ3) is 5.74. The van der Waals surface area contributed by atoms with E-state index in [1.807, 2.05) is 66.9 Å². The van der Waals surface area contributed by atoms with Gasteiger partial charge in [-0.2, -0.15) is 0 Å². The molecular weight excluding hydrogens is 498 g/mol. The molecule has 5 nitrogen and oxygen atoms in total. The summed E-state index contributed by atoms with van der Waals surface area (Å²) in [5, 5.41) is 6.16. The van der Waals surface area contributed by atoms with Crippen molar-refractivity contribution in [2.75, 3.05) is 21.3 Å². The minimum atomic E-state index is -0.0947. The van der Waals surface area contributed by atoms with Gasteiger partial charge in [-0.3, -0.25) is 14.6 Å². The molecule has 1 aromatic heterocycles. The molecule has 0 radical (unpaired) electrons. The molecule has 0 aliphatic heterocycles. The fraction of sp³-hybridized carbons (Fsp3) is 0.136. The standard InChI is InChI=1S/C22H19Br2N3O2/c23-12-20(28)26-18-7-3-15(4-8-18)22(17-2-1-11-25-14-17)16-5-9-19(10-6-16)27-21(29)13-24/h1-11,14,22H,12-13H2,(H,26,28)(H,27,29). The number of benzene rings is 2. The van der Waals surface area contributed by atoms with Crippen molar-refractivity contribution in [3.05, 3.63) is 89.7 Å². The molecule has 0 aliphatic carbocycles. The molecule has 0 saturated heterocycles. The van der Waals surface area contributed by atoms with Crippen molar-refractivity contribution in [1.82, 2.24) is 4.98 Å². The summed E-state index contributed by atoms with van der Waals surface area (Å²) in [7, 11) is 0. The van der Waals surface area contributed by atoms with E-state index in [9.17, 15) is 9.59 Å². The number of nitrogens with one attached hydrogen (secondary N) is 2. The van der Waals surface area contributed by atoms with Gasteiger partial charge in [0.15, 0.2) is 0 Å². The first kappa shape index (κ1) is 21.2. The zero-order valence-electron chi connectivity index (χ0n) is 15.4. The molecule has 0 saturated carbocycles. The van der Waals surface area contributed by atoms with E-state index in [2.05, 4.69) is 47.5 Å². The molecule has 0 atom stereocenters. The van der Waals surface area contributed by atoms with Crippen molar-refractivity contribution >= 4 is 55.0 Å². The van der Waals surface area contributed by atoms with Crippen LogP contribution >= 0.6 is 31.9 Å². The summed E-state index contributed by atoms with van der Waals surface area (Å²) in [6.07, 6.45) is 3.60. The van der Waals surface area contributed by atoms with Crippen LogP contribution in [0.5, 0.6) is 0 Å². The van der Waals surface area contributed by atoms with Crippen LogP contribution in [0.2, 0.25) is 0 Å². The number of anilines is 2. The van der Waals surface area contributed by atoms with E-state index in [0.29, 0.717) is 0 Å².